The highest BCUT2D eigenvalue weighted by Crippen LogP contribution is 2.24. The monoisotopic (exact) mass is 308 g/mol. The van der Waals surface area contributed by atoms with Gasteiger partial charge in [0.15, 0.2) is 0 Å². The summed E-state index contributed by atoms with van der Waals surface area (Å²) in [5.74, 6) is 0.935. The smallest absolute Gasteiger partial charge is 0.269 e. The average Bonchev–Trinajstić information content (AvgIpc) is 2.48. The molecule has 0 unspecified atom stereocenters. The summed E-state index contributed by atoms with van der Waals surface area (Å²) in [6.45, 7) is 2.19. The number of nitro groups is 1. The third-order valence-corrected chi connectivity index (χ3v) is 4.89. The fraction of sp³-hybridized carbons (Fsp3) is 0.533. The van der Waals surface area contributed by atoms with Crippen LogP contribution in [0.1, 0.15) is 32.6 Å². The van der Waals surface area contributed by atoms with Gasteiger partial charge in [0, 0.05) is 23.1 Å². The Morgan fingerprint density at radius 2 is 2.00 bits per heavy atom. The SMILES string of the molecule is C[C@@H]1CCCC[C@@H]1NC(=O)CSc1ccc([N+](=O)[O-])cc1. The maximum Gasteiger partial charge on any atom is 0.269 e. The van der Waals surface area contributed by atoms with E-state index in [-0.39, 0.29) is 11.6 Å². The molecule has 0 radical (unpaired) electrons. The van der Waals surface area contributed by atoms with Crippen LogP contribution in [-0.4, -0.2) is 22.6 Å². The highest BCUT2D eigenvalue weighted by Gasteiger charge is 2.22. The number of nitrogens with one attached hydrogen (secondary N) is 1. The minimum Gasteiger partial charge on any atom is -0.352 e. The first-order valence-corrected chi connectivity index (χ1v) is 8.21. The first-order chi connectivity index (χ1) is 10.1. The van der Waals surface area contributed by atoms with Crippen LogP contribution in [0.5, 0.6) is 0 Å². The first kappa shape index (κ1) is 15.8. The second-order valence-electron chi connectivity index (χ2n) is 5.48. The summed E-state index contributed by atoms with van der Waals surface area (Å²) < 4.78 is 0. The number of nitrogens with zero attached hydrogens (tertiary/aromatic N) is 1. The van der Waals surface area contributed by atoms with Crippen LogP contribution in [0.4, 0.5) is 5.69 Å². The zero-order valence-corrected chi connectivity index (χ0v) is 12.9. The number of hydrogen-bond donors (Lipinski definition) is 1. The van der Waals surface area contributed by atoms with E-state index in [2.05, 4.69) is 12.2 Å². The van der Waals surface area contributed by atoms with Crippen LogP contribution >= 0.6 is 11.8 Å². The lowest BCUT2D eigenvalue weighted by molar-refractivity contribution is -0.384. The Bertz CT molecular complexity index is 504. The van der Waals surface area contributed by atoms with Crippen LogP contribution in [0, 0.1) is 16.0 Å². The van der Waals surface area contributed by atoms with Crippen molar-refractivity contribution >= 4 is 23.4 Å². The van der Waals surface area contributed by atoms with Crippen molar-refractivity contribution in [2.75, 3.05) is 5.75 Å². The van der Waals surface area contributed by atoms with Gasteiger partial charge >= 0.3 is 0 Å². The van der Waals surface area contributed by atoms with Gasteiger partial charge < -0.3 is 5.32 Å². The van der Waals surface area contributed by atoms with Crippen molar-refractivity contribution in [1.29, 1.82) is 0 Å². The van der Waals surface area contributed by atoms with Gasteiger partial charge in [-0.15, -0.1) is 11.8 Å². The average molecular weight is 308 g/mol. The van der Waals surface area contributed by atoms with Crippen molar-refractivity contribution in [2.24, 2.45) is 5.92 Å². The van der Waals surface area contributed by atoms with Crippen molar-refractivity contribution in [3.8, 4) is 0 Å². The Hall–Kier alpha value is -1.56. The lowest BCUT2D eigenvalue weighted by atomic mass is 9.86. The van der Waals surface area contributed by atoms with Gasteiger partial charge in [-0.05, 0) is 30.9 Å². The third kappa shape index (κ3) is 4.74. The van der Waals surface area contributed by atoms with Gasteiger partial charge in [-0.25, -0.2) is 0 Å². The number of rotatable bonds is 5. The van der Waals surface area contributed by atoms with Gasteiger partial charge in [-0.3, -0.25) is 14.9 Å². The molecule has 6 heteroatoms. The van der Waals surface area contributed by atoms with E-state index in [0.717, 1.165) is 11.3 Å². The molecule has 5 nitrogen and oxygen atoms in total. The van der Waals surface area contributed by atoms with Gasteiger partial charge in [0.2, 0.25) is 5.91 Å². The van der Waals surface area contributed by atoms with Crippen LogP contribution in [0.2, 0.25) is 0 Å². The molecule has 0 heterocycles. The molecule has 1 aliphatic carbocycles. The largest absolute Gasteiger partial charge is 0.352 e. The van der Waals surface area contributed by atoms with E-state index in [0.29, 0.717) is 17.7 Å². The number of carbonyl (C=O) groups is 1. The molecule has 0 aromatic heterocycles. The molecule has 2 rings (SSSR count). The summed E-state index contributed by atoms with van der Waals surface area (Å²) >= 11 is 1.40. The number of thioether (sulfide) groups is 1. The Labute approximate surface area is 128 Å². The van der Waals surface area contributed by atoms with Crippen molar-refractivity contribution < 1.29 is 9.72 Å². The summed E-state index contributed by atoms with van der Waals surface area (Å²) in [5, 5.41) is 13.7. The molecule has 1 amide bonds. The topological polar surface area (TPSA) is 72.2 Å². The molecule has 1 aliphatic rings. The Morgan fingerprint density at radius 3 is 2.62 bits per heavy atom. The van der Waals surface area contributed by atoms with E-state index in [1.807, 2.05) is 0 Å². The second-order valence-corrected chi connectivity index (χ2v) is 6.52. The van der Waals surface area contributed by atoms with E-state index in [9.17, 15) is 14.9 Å². The third-order valence-electron chi connectivity index (χ3n) is 3.88. The molecule has 1 N–H and O–H groups in total. The second kappa shape index (κ2) is 7.45. The molecule has 1 fully saturated rings. The lowest BCUT2D eigenvalue weighted by Crippen LogP contribution is -2.41. The van der Waals surface area contributed by atoms with Crippen molar-refractivity contribution in [1.82, 2.24) is 5.32 Å². The summed E-state index contributed by atoms with van der Waals surface area (Å²) in [6, 6.07) is 6.58. The molecule has 1 aromatic rings. The van der Waals surface area contributed by atoms with Gasteiger partial charge in [0.25, 0.3) is 5.69 Å². The van der Waals surface area contributed by atoms with E-state index in [1.165, 1.54) is 43.2 Å². The summed E-state index contributed by atoms with van der Waals surface area (Å²) in [5.41, 5.74) is 0.0693. The van der Waals surface area contributed by atoms with Gasteiger partial charge in [0.1, 0.15) is 0 Å². The number of carbonyl (C=O) groups excluding carboxylic acids is 1. The van der Waals surface area contributed by atoms with Crippen molar-refractivity contribution in [2.45, 2.75) is 43.5 Å². The molecular formula is C15H20N2O3S. The zero-order chi connectivity index (χ0) is 15.2. The molecule has 0 aliphatic heterocycles. The van der Waals surface area contributed by atoms with Crippen LogP contribution < -0.4 is 5.32 Å². The normalized spacial score (nSPS) is 21.8. The standard InChI is InChI=1S/C15H20N2O3S/c1-11-4-2-3-5-14(11)16-15(18)10-21-13-8-6-12(7-9-13)17(19)20/h6-9,11,14H,2-5,10H2,1H3,(H,16,18)/t11-,14+/m1/s1. The molecule has 1 aromatic carbocycles. The molecule has 21 heavy (non-hydrogen) atoms. The first-order valence-electron chi connectivity index (χ1n) is 7.23. The van der Waals surface area contributed by atoms with Crippen LogP contribution in [0.3, 0.4) is 0 Å². The Kier molecular flexibility index (Phi) is 5.61. The van der Waals surface area contributed by atoms with Gasteiger partial charge in [0.05, 0.1) is 10.7 Å². The minimum atomic E-state index is -0.425. The molecule has 1 saturated carbocycles. The Balaban J connectivity index is 1.79. The number of non-ortho nitro benzene ring substituents is 1. The predicted octanol–water partition coefficient (Wildman–Crippen LogP) is 3.38. The fourth-order valence-corrected chi connectivity index (χ4v) is 3.30. The maximum absolute atomic E-state index is 12.0. The molecule has 0 spiro atoms. The Morgan fingerprint density at radius 1 is 1.33 bits per heavy atom. The van der Waals surface area contributed by atoms with Gasteiger partial charge in [-0.2, -0.15) is 0 Å². The fourth-order valence-electron chi connectivity index (χ4n) is 2.59. The van der Waals surface area contributed by atoms with E-state index < -0.39 is 4.92 Å². The highest BCUT2D eigenvalue weighted by molar-refractivity contribution is 8.00. The number of hydrogen-bond acceptors (Lipinski definition) is 4. The van der Waals surface area contributed by atoms with Crippen LogP contribution in [0.25, 0.3) is 0 Å². The quantitative estimate of drug-likeness (QED) is 0.514. The number of benzene rings is 1. The molecule has 2 atom stereocenters. The van der Waals surface area contributed by atoms with Crippen LogP contribution in [-0.2, 0) is 4.79 Å². The van der Waals surface area contributed by atoms with E-state index in [1.54, 1.807) is 12.1 Å². The molecule has 0 bridgehead atoms. The number of amides is 1. The molecular weight excluding hydrogens is 288 g/mol. The highest BCUT2D eigenvalue weighted by atomic mass is 32.2. The van der Waals surface area contributed by atoms with Crippen LogP contribution in [0.15, 0.2) is 29.2 Å². The molecule has 114 valence electrons. The predicted molar refractivity (Wildman–Crippen MR) is 83.4 cm³/mol. The lowest BCUT2D eigenvalue weighted by Gasteiger charge is -2.29. The maximum atomic E-state index is 12.0. The number of nitro benzene ring substituents is 1. The van der Waals surface area contributed by atoms with Crippen molar-refractivity contribution in [3.05, 3.63) is 34.4 Å². The molecule has 0 saturated heterocycles. The minimum absolute atomic E-state index is 0.0390. The summed E-state index contributed by atoms with van der Waals surface area (Å²) in [6.07, 6.45) is 4.69. The van der Waals surface area contributed by atoms with Crippen molar-refractivity contribution in [3.63, 3.8) is 0 Å². The van der Waals surface area contributed by atoms with E-state index in [4.69, 9.17) is 0 Å². The van der Waals surface area contributed by atoms with E-state index >= 15 is 0 Å². The summed E-state index contributed by atoms with van der Waals surface area (Å²) in [7, 11) is 0. The van der Waals surface area contributed by atoms with Gasteiger partial charge in [-0.1, -0.05) is 19.8 Å². The summed E-state index contributed by atoms with van der Waals surface area (Å²) in [4.78, 5) is 23.0. The zero-order valence-electron chi connectivity index (χ0n) is 12.1.